The Morgan fingerprint density at radius 1 is 1.43 bits per heavy atom. The molecule has 1 fully saturated rings. The van der Waals surface area contributed by atoms with E-state index in [1.54, 1.807) is 0 Å². The van der Waals surface area contributed by atoms with Crippen LogP contribution in [-0.4, -0.2) is 11.9 Å². The number of carbonyl (C=O) groups is 1. The molecule has 0 aromatic rings. The molecule has 0 aromatic heterocycles. The number of piperidine rings is 1. The summed E-state index contributed by atoms with van der Waals surface area (Å²) in [5, 5.41) is 3.09. The monoisotopic (exact) mass is 197 g/mol. The zero-order chi connectivity index (χ0) is 11.0. The van der Waals surface area contributed by atoms with Gasteiger partial charge in [-0.25, -0.2) is 0 Å². The van der Waals surface area contributed by atoms with Gasteiger partial charge in [0, 0.05) is 12.5 Å². The second-order valence-corrected chi connectivity index (χ2v) is 6.57. The Morgan fingerprint density at radius 3 is 2.43 bits per heavy atom. The molecule has 0 spiro atoms. The molecule has 1 aliphatic heterocycles. The standard InChI is InChI=1S/C12H23NO/c1-11(2,3)6-9-7-12(4,5)8-10(14)13-9/h9H,6-8H2,1-5H3,(H,13,14). The summed E-state index contributed by atoms with van der Waals surface area (Å²) >= 11 is 0. The first kappa shape index (κ1) is 11.5. The Kier molecular flexibility index (Phi) is 2.93. The fourth-order valence-corrected chi connectivity index (χ4v) is 2.37. The maximum absolute atomic E-state index is 11.5. The molecule has 1 heterocycles. The molecule has 0 radical (unpaired) electrons. The van der Waals surface area contributed by atoms with Gasteiger partial charge in [0.25, 0.3) is 0 Å². The van der Waals surface area contributed by atoms with Crippen LogP contribution in [0, 0.1) is 10.8 Å². The van der Waals surface area contributed by atoms with Gasteiger partial charge in [-0.3, -0.25) is 4.79 Å². The van der Waals surface area contributed by atoms with Crippen LogP contribution < -0.4 is 5.32 Å². The molecule has 1 N–H and O–H groups in total. The zero-order valence-electron chi connectivity index (χ0n) is 10.1. The van der Waals surface area contributed by atoms with Crippen LogP contribution in [0.1, 0.15) is 53.9 Å². The quantitative estimate of drug-likeness (QED) is 0.688. The van der Waals surface area contributed by atoms with E-state index in [0.717, 1.165) is 12.8 Å². The molecule has 1 atom stereocenters. The van der Waals surface area contributed by atoms with Gasteiger partial charge < -0.3 is 5.32 Å². The first-order valence-electron chi connectivity index (χ1n) is 5.47. The van der Waals surface area contributed by atoms with Gasteiger partial charge in [0.2, 0.25) is 5.91 Å². The predicted molar refractivity (Wildman–Crippen MR) is 59.0 cm³/mol. The van der Waals surface area contributed by atoms with Crippen molar-refractivity contribution in [3.63, 3.8) is 0 Å². The lowest BCUT2D eigenvalue weighted by Crippen LogP contribution is -2.46. The lowest BCUT2D eigenvalue weighted by atomic mass is 9.75. The molecule has 2 heteroatoms. The molecule has 0 aliphatic carbocycles. The van der Waals surface area contributed by atoms with Crippen LogP contribution in [0.2, 0.25) is 0 Å². The van der Waals surface area contributed by atoms with Crippen LogP contribution in [0.15, 0.2) is 0 Å². The highest BCUT2D eigenvalue weighted by molar-refractivity contribution is 5.77. The molecule has 1 unspecified atom stereocenters. The molecule has 14 heavy (non-hydrogen) atoms. The van der Waals surface area contributed by atoms with E-state index in [-0.39, 0.29) is 11.3 Å². The Bertz CT molecular complexity index is 223. The maximum atomic E-state index is 11.5. The fraction of sp³-hybridized carbons (Fsp3) is 0.917. The van der Waals surface area contributed by atoms with Crippen molar-refractivity contribution in [3.8, 4) is 0 Å². The van der Waals surface area contributed by atoms with E-state index in [1.807, 2.05) is 0 Å². The van der Waals surface area contributed by atoms with Crippen LogP contribution in [0.4, 0.5) is 0 Å². The molecule has 82 valence electrons. The van der Waals surface area contributed by atoms with Gasteiger partial charge >= 0.3 is 0 Å². The van der Waals surface area contributed by atoms with Crippen molar-refractivity contribution in [2.24, 2.45) is 10.8 Å². The van der Waals surface area contributed by atoms with Crippen LogP contribution in [0.25, 0.3) is 0 Å². The Hall–Kier alpha value is -0.530. The van der Waals surface area contributed by atoms with E-state index in [4.69, 9.17) is 0 Å². The number of rotatable bonds is 1. The minimum absolute atomic E-state index is 0.179. The maximum Gasteiger partial charge on any atom is 0.220 e. The van der Waals surface area contributed by atoms with Crippen LogP contribution in [-0.2, 0) is 4.79 Å². The van der Waals surface area contributed by atoms with Gasteiger partial charge in [-0.1, -0.05) is 34.6 Å². The van der Waals surface area contributed by atoms with Crippen molar-refractivity contribution in [2.75, 3.05) is 0 Å². The van der Waals surface area contributed by atoms with E-state index in [1.165, 1.54) is 0 Å². The van der Waals surface area contributed by atoms with Crippen molar-refractivity contribution < 1.29 is 4.79 Å². The van der Waals surface area contributed by atoms with E-state index < -0.39 is 0 Å². The van der Waals surface area contributed by atoms with Crippen molar-refractivity contribution >= 4 is 5.91 Å². The summed E-state index contributed by atoms with van der Waals surface area (Å²) in [6, 6.07) is 0.367. The van der Waals surface area contributed by atoms with Crippen molar-refractivity contribution in [2.45, 2.75) is 59.9 Å². The lowest BCUT2D eigenvalue weighted by Gasteiger charge is -2.38. The van der Waals surface area contributed by atoms with Crippen molar-refractivity contribution in [1.82, 2.24) is 5.32 Å². The first-order valence-corrected chi connectivity index (χ1v) is 5.47. The number of hydrogen-bond acceptors (Lipinski definition) is 1. The number of hydrogen-bond donors (Lipinski definition) is 1. The summed E-state index contributed by atoms with van der Waals surface area (Å²) in [5.74, 6) is 0.218. The molecule has 0 saturated carbocycles. The molecular weight excluding hydrogens is 174 g/mol. The molecule has 1 amide bonds. The molecule has 1 saturated heterocycles. The highest BCUT2D eigenvalue weighted by Crippen LogP contribution is 2.34. The SMILES string of the molecule is CC(C)(C)CC1CC(C)(C)CC(=O)N1. The third-order valence-corrected chi connectivity index (χ3v) is 2.66. The lowest BCUT2D eigenvalue weighted by molar-refractivity contribution is -0.126. The van der Waals surface area contributed by atoms with Gasteiger partial charge in [0.15, 0.2) is 0 Å². The molecule has 1 aliphatic rings. The van der Waals surface area contributed by atoms with Crippen molar-refractivity contribution in [1.29, 1.82) is 0 Å². The average Bonchev–Trinajstić information content (AvgIpc) is 1.74. The Morgan fingerprint density at radius 2 is 2.00 bits per heavy atom. The Labute approximate surface area is 87.5 Å². The normalized spacial score (nSPS) is 27.2. The molecule has 0 bridgehead atoms. The minimum atomic E-state index is 0.179. The summed E-state index contributed by atoms with van der Waals surface area (Å²) in [5.41, 5.74) is 0.476. The Balaban J connectivity index is 2.59. The first-order chi connectivity index (χ1) is 6.18. The van der Waals surface area contributed by atoms with Crippen LogP contribution >= 0.6 is 0 Å². The van der Waals surface area contributed by atoms with E-state index in [9.17, 15) is 4.79 Å². The summed E-state index contributed by atoms with van der Waals surface area (Å²) < 4.78 is 0. The van der Waals surface area contributed by atoms with Crippen molar-refractivity contribution in [3.05, 3.63) is 0 Å². The second-order valence-electron chi connectivity index (χ2n) is 6.57. The second kappa shape index (κ2) is 3.56. The van der Waals surface area contributed by atoms with Crippen LogP contribution in [0.3, 0.4) is 0 Å². The summed E-state index contributed by atoms with van der Waals surface area (Å²) in [7, 11) is 0. The highest BCUT2D eigenvalue weighted by atomic mass is 16.1. The molecule has 0 aromatic carbocycles. The average molecular weight is 197 g/mol. The molecule has 1 rings (SSSR count). The van der Waals surface area contributed by atoms with E-state index in [0.29, 0.717) is 17.9 Å². The smallest absolute Gasteiger partial charge is 0.220 e. The van der Waals surface area contributed by atoms with E-state index in [2.05, 4.69) is 39.9 Å². The van der Waals surface area contributed by atoms with Gasteiger partial charge in [-0.2, -0.15) is 0 Å². The van der Waals surface area contributed by atoms with Gasteiger partial charge in [-0.05, 0) is 23.7 Å². The van der Waals surface area contributed by atoms with Gasteiger partial charge in [0.1, 0.15) is 0 Å². The topological polar surface area (TPSA) is 29.1 Å². The zero-order valence-corrected chi connectivity index (χ0v) is 10.1. The van der Waals surface area contributed by atoms with Gasteiger partial charge in [-0.15, -0.1) is 0 Å². The number of nitrogens with one attached hydrogen (secondary N) is 1. The minimum Gasteiger partial charge on any atom is -0.353 e. The van der Waals surface area contributed by atoms with Gasteiger partial charge in [0.05, 0.1) is 0 Å². The predicted octanol–water partition coefficient (Wildman–Crippen LogP) is 2.73. The fourth-order valence-electron chi connectivity index (χ4n) is 2.37. The summed E-state index contributed by atoms with van der Waals surface area (Å²) in [4.78, 5) is 11.5. The number of carbonyl (C=O) groups excluding carboxylic acids is 1. The largest absolute Gasteiger partial charge is 0.353 e. The third kappa shape index (κ3) is 3.69. The van der Waals surface area contributed by atoms with E-state index >= 15 is 0 Å². The summed E-state index contributed by atoms with van der Waals surface area (Å²) in [6.07, 6.45) is 2.85. The summed E-state index contributed by atoms with van der Waals surface area (Å²) in [6.45, 7) is 11.0. The highest BCUT2D eigenvalue weighted by Gasteiger charge is 2.33. The molecule has 2 nitrogen and oxygen atoms in total. The van der Waals surface area contributed by atoms with Crippen LogP contribution in [0.5, 0.6) is 0 Å². The number of amides is 1. The molecular formula is C12H23NO. The third-order valence-electron chi connectivity index (χ3n) is 2.66.